The van der Waals surface area contributed by atoms with E-state index < -0.39 is 0 Å². The predicted molar refractivity (Wildman–Crippen MR) is 92.6 cm³/mol. The lowest BCUT2D eigenvalue weighted by Gasteiger charge is -2.32. The molecule has 4 nitrogen and oxygen atoms in total. The summed E-state index contributed by atoms with van der Waals surface area (Å²) < 4.78 is 11.5. The number of methoxy groups -OCH3 is 1. The fourth-order valence-electron chi connectivity index (χ4n) is 2.65. The molecule has 0 saturated carbocycles. The van der Waals surface area contributed by atoms with Crippen LogP contribution in [0.2, 0.25) is 0 Å². The Bertz CT molecular complexity index is 627. The molecule has 1 atom stereocenters. The van der Waals surface area contributed by atoms with Gasteiger partial charge in [0, 0.05) is 32.1 Å². The first kappa shape index (κ1) is 16.6. The first-order valence-corrected chi connectivity index (χ1v) is 8.85. The molecule has 1 aliphatic heterocycles. The molecular weight excluding hydrogens is 308 g/mol. The summed E-state index contributed by atoms with van der Waals surface area (Å²) >= 11 is 1.66. The number of hydrogen-bond donors (Lipinski definition) is 0. The Kier molecular flexibility index (Phi) is 5.11. The van der Waals surface area contributed by atoms with E-state index >= 15 is 0 Å². The van der Waals surface area contributed by atoms with Crippen LogP contribution in [-0.4, -0.2) is 36.7 Å². The van der Waals surface area contributed by atoms with Crippen molar-refractivity contribution in [3.63, 3.8) is 0 Å². The summed E-state index contributed by atoms with van der Waals surface area (Å²) in [4.78, 5) is 7.20. The van der Waals surface area contributed by atoms with Gasteiger partial charge in [-0.15, -0.1) is 11.3 Å². The monoisotopic (exact) mass is 332 g/mol. The van der Waals surface area contributed by atoms with Gasteiger partial charge < -0.3 is 9.47 Å². The quantitative estimate of drug-likeness (QED) is 0.838. The van der Waals surface area contributed by atoms with Crippen LogP contribution in [0.25, 0.3) is 0 Å². The summed E-state index contributed by atoms with van der Waals surface area (Å²) in [5, 5.41) is 3.13. The maximum atomic E-state index is 5.96. The predicted octanol–water partition coefficient (Wildman–Crippen LogP) is 3.60. The number of hydrogen-bond acceptors (Lipinski definition) is 5. The highest BCUT2D eigenvalue weighted by atomic mass is 32.1. The van der Waals surface area contributed by atoms with Gasteiger partial charge in [-0.2, -0.15) is 0 Å². The number of ether oxygens (including phenoxy) is 2. The Labute approximate surface area is 142 Å². The largest absolute Gasteiger partial charge is 0.372 e. The fourth-order valence-corrected chi connectivity index (χ4v) is 3.67. The molecule has 0 bridgehead atoms. The van der Waals surface area contributed by atoms with Crippen molar-refractivity contribution in [1.82, 2.24) is 9.88 Å². The molecule has 2 aromatic rings. The fraction of sp³-hybridized carbons (Fsp3) is 0.500. The minimum absolute atomic E-state index is 0.0545. The van der Waals surface area contributed by atoms with E-state index in [1.165, 1.54) is 5.56 Å². The van der Waals surface area contributed by atoms with Crippen LogP contribution in [0, 0.1) is 0 Å². The average molecular weight is 332 g/mol. The molecule has 1 aliphatic rings. The van der Waals surface area contributed by atoms with Gasteiger partial charge in [-0.1, -0.05) is 30.3 Å². The van der Waals surface area contributed by atoms with Crippen molar-refractivity contribution in [2.75, 3.05) is 26.8 Å². The summed E-state index contributed by atoms with van der Waals surface area (Å²) in [5.41, 5.74) is 1.96. The van der Waals surface area contributed by atoms with Gasteiger partial charge >= 0.3 is 0 Å². The molecule has 0 N–H and O–H groups in total. The van der Waals surface area contributed by atoms with Crippen LogP contribution in [-0.2, 0) is 21.6 Å². The third-order valence-corrected chi connectivity index (χ3v) is 5.26. The maximum absolute atomic E-state index is 5.96. The summed E-state index contributed by atoms with van der Waals surface area (Å²) in [5.74, 6) is 0. The highest BCUT2D eigenvalue weighted by molar-refractivity contribution is 7.09. The zero-order valence-corrected chi connectivity index (χ0v) is 14.8. The Morgan fingerprint density at radius 2 is 2.13 bits per heavy atom. The van der Waals surface area contributed by atoms with Gasteiger partial charge in [-0.25, -0.2) is 4.98 Å². The zero-order chi connectivity index (χ0) is 16.3. The van der Waals surface area contributed by atoms with Crippen LogP contribution in [0.4, 0.5) is 0 Å². The second kappa shape index (κ2) is 7.09. The zero-order valence-electron chi connectivity index (χ0n) is 14.0. The molecule has 1 saturated heterocycles. The van der Waals surface area contributed by atoms with E-state index in [4.69, 9.17) is 14.5 Å². The Morgan fingerprint density at radius 3 is 2.87 bits per heavy atom. The summed E-state index contributed by atoms with van der Waals surface area (Å²) in [6.07, 6.45) is 0.0545. The van der Waals surface area contributed by atoms with Gasteiger partial charge in [0.1, 0.15) is 16.7 Å². The van der Waals surface area contributed by atoms with Crippen LogP contribution in [0.5, 0.6) is 0 Å². The van der Waals surface area contributed by atoms with Gasteiger partial charge in [0.25, 0.3) is 0 Å². The summed E-state index contributed by atoms with van der Waals surface area (Å²) in [6.45, 7) is 7.63. The van der Waals surface area contributed by atoms with Crippen molar-refractivity contribution in [3.05, 3.63) is 52.0 Å². The van der Waals surface area contributed by atoms with Gasteiger partial charge in [0.2, 0.25) is 0 Å². The smallest absolute Gasteiger partial charge is 0.123 e. The number of thiazole rings is 1. The second-order valence-corrected chi connectivity index (χ2v) is 7.26. The molecule has 124 valence electrons. The van der Waals surface area contributed by atoms with Crippen LogP contribution >= 0.6 is 11.3 Å². The van der Waals surface area contributed by atoms with Gasteiger partial charge in [0.05, 0.1) is 12.3 Å². The van der Waals surface area contributed by atoms with Crippen molar-refractivity contribution >= 4 is 11.3 Å². The number of rotatable bonds is 5. The average Bonchev–Trinajstić information content (AvgIpc) is 3.07. The van der Waals surface area contributed by atoms with E-state index in [1.807, 2.05) is 13.8 Å². The van der Waals surface area contributed by atoms with Crippen molar-refractivity contribution in [1.29, 1.82) is 0 Å². The Hall–Kier alpha value is -1.27. The van der Waals surface area contributed by atoms with Crippen molar-refractivity contribution < 1.29 is 9.47 Å². The standard InChI is InChI=1S/C18H24N2O2S/c1-18(2,21-3)16-13-23-17(19-16)15-12-20(9-10-22-15)11-14-7-5-4-6-8-14/h4-8,13,15H,9-12H2,1-3H3/t15-/m1/s1. The maximum Gasteiger partial charge on any atom is 0.123 e. The van der Waals surface area contributed by atoms with Gasteiger partial charge in [0.15, 0.2) is 0 Å². The lowest BCUT2D eigenvalue weighted by Crippen LogP contribution is -2.37. The van der Waals surface area contributed by atoms with Crippen molar-refractivity contribution in [2.45, 2.75) is 32.1 Å². The number of aromatic nitrogens is 1. The summed E-state index contributed by atoms with van der Waals surface area (Å²) in [7, 11) is 1.72. The molecule has 0 radical (unpaired) electrons. The normalized spacial score (nSPS) is 19.9. The van der Waals surface area contributed by atoms with Crippen LogP contribution in [0.3, 0.4) is 0 Å². The molecule has 0 spiro atoms. The third kappa shape index (κ3) is 3.98. The first-order chi connectivity index (χ1) is 11.1. The minimum atomic E-state index is -0.354. The Balaban J connectivity index is 1.67. The van der Waals surface area contributed by atoms with Crippen LogP contribution < -0.4 is 0 Å². The molecule has 1 aromatic carbocycles. The topological polar surface area (TPSA) is 34.6 Å². The lowest BCUT2D eigenvalue weighted by atomic mass is 10.1. The van der Waals surface area contributed by atoms with Crippen molar-refractivity contribution in [3.8, 4) is 0 Å². The molecular formula is C18H24N2O2S. The lowest BCUT2D eigenvalue weighted by molar-refractivity contribution is -0.0337. The SMILES string of the molecule is COC(C)(C)c1csc([C@H]2CN(Cc3ccccc3)CCO2)n1. The molecule has 5 heteroatoms. The molecule has 3 rings (SSSR count). The second-order valence-electron chi connectivity index (χ2n) is 6.37. The van der Waals surface area contributed by atoms with Crippen LogP contribution in [0.15, 0.2) is 35.7 Å². The molecule has 0 unspecified atom stereocenters. The Morgan fingerprint density at radius 1 is 1.35 bits per heavy atom. The highest BCUT2D eigenvalue weighted by Gasteiger charge is 2.28. The molecule has 0 aliphatic carbocycles. The van der Waals surface area contributed by atoms with E-state index in [0.29, 0.717) is 0 Å². The molecule has 1 fully saturated rings. The van der Waals surface area contributed by atoms with E-state index in [-0.39, 0.29) is 11.7 Å². The number of nitrogens with zero attached hydrogens (tertiary/aromatic N) is 2. The third-order valence-electron chi connectivity index (χ3n) is 4.32. The first-order valence-electron chi connectivity index (χ1n) is 7.97. The molecule has 2 heterocycles. The number of benzene rings is 1. The molecule has 1 aromatic heterocycles. The highest BCUT2D eigenvalue weighted by Crippen LogP contribution is 2.31. The van der Waals surface area contributed by atoms with Crippen molar-refractivity contribution in [2.24, 2.45) is 0 Å². The number of morpholine rings is 1. The summed E-state index contributed by atoms with van der Waals surface area (Å²) in [6, 6.07) is 10.6. The molecule has 23 heavy (non-hydrogen) atoms. The van der Waals surface area contributed by atoms with Gasteiger partial charge in [-0.05, 0) is 19.4 Å². The van der Waals surface area contributed by atoms with E-state index in [0.717, 1.165) is 36.9 Å². The van der Waals surface area contributed by atoms with Crippen LogP contribution in [0.1, 0.15) is 36.2 Å². The molecule has 0 amide bonds. The van der Waals surface area contributed by atoms with E-state index in [9.17, 15) is 0 Å². The van der Waals surface area contributed by atoms with E-state index in [2.05, 4.69) is 40.6 Å². The minimum Gasteiger partial charge on any atom is -0.372 e. The van der Waals surface area contributed by atoms with E-state index in [1.54, 1.807) is 18.4 Å². The van der Waals surface area contributed by atoms with Gasteiger partial charge in [-0.3, -0.25) is 4.90 Å².